The lowest BCUT2D eigenvalue weighted by Crippen LogP contribution is -2.02. The fourth-order valence-electron chi connectivity index (χ4n) is 2.38. The minimum Gasteiger partial charge on any atom is -0.294 e. The molecule has 3 heterocycles. The number of para-hydroxylation sites is 1. The average molecular weight is 293 g/mol. The number of thiazole rings is 1. The molecule has 0 saturated carbocycles. The molecule has 4 aromatic rings. The number of carbonyl (C=O) groups excluding carboxylic acids is 1. The Morgan fingerprint density at radius 2 is 2.00 bits per heavy atom. The second-order valence-electron chi connectivity index (χ2n) is 4.76. The highest BCUT2D eigenvalue weighted by molar-refractivity contribution is 7.18. The van der Waals surface area contributed by atoms with Crippen molar-refractivity contribution in [1.29, 1.82) is 0 Å². The van der Waals surface area contributed by atoms with Crippen LogP contribution in [0.25, 0.3) is 15.7 Å². The van der Waals surface area contributed by atoms with Crippen LogP contribution in [0.2, 0.25) is 0 Å². The first kappa shape index (κ1) is 12.2. The van der Waals surface area contributed by atoms with Crippen LogP contribution in [-0.4, -0.2) is 20.4 Å². The number of fused-ring (bicyclic) bond motifs is 2. The molecule has 1 aromatic carbocycles. The molecule has 0 unspecified atom stereocenters. The Morgan fingerprint density at radius 3 is 2.90 bits per heavy atom. The van der Waals surface area contributed by atoms with Gasteiger partial charge in [-0.1, -0.05) is 18.2 Å². The van der Waals surface area contributed by atoms with E-state index in [0.717, 1.165) is 20.7 Å². The Labute approximate surface area is 124 Å². The van der Waals surface area contributed by atoms with Gasteiger partial charge in [-0.15, -0.1) is 11.3 Å². The van der Waals surface area contributed by atoms with Crippen molar-refractivity contribution in [3.05, 3.63) is 65.4 Å². The standard InChI is InChI=1S/C16H11N3OS/c20-14(11-10-17-19-8-4-3-6-13(11)19)9-16-18-12-5-1-2-7-15(12)21-16/h1-8,10H,9H2. The summed E-state index contributed by atoms with van der Waals surface area (Å²) < 4.78 is 2.83. The number of aromatic nitrogens is 3. The number of ketones is 1. The first-order chi connectivity index (χ1) is 10.3. The van der Waals surface area contributed by atoms with Crippen molar-refractivity contribution < 1.29 is 4.79 Å². The Morgan fingerprint density at radius 1 is 1.14 bits per heavy atom. The molecule has 0 aliphatic heterocycles. The van der Waals surface area contributed by atoms with Gasteiger partial charge >= 0.3 is 0 Å². The molecule has 0 N–H and O–H groups in total. The molecule has 0 bridgehead atoms. The van der Waals surface area contributed by atoms with Gasteiger partial charge in [0.05, 0.1) is 33.9 Å². The van der Waals surface area contributed by atoms with E-state index in [1.54, 1.807) is 22.0 Å². The summed E-state index contributed by atoms with van der Waals surface area (Å²) in [5, 5.41) is 5.05. The van der Waals surface area contributed by atoms with Crippen LogP contribution in [0.15, 0.2) is 54.9 Å². The molecular formula is C16H11N3OS. The predicted octanol–water partition coefficient (Wildman–Crippen LogP) is 3.37. The highest BCUT2D eigenvalue weighted by Crippen LogP contribution is 2.23. The van der Waals surface area contributed by atoms with Crippen molar-refractivity contribution in [3.63, 3.8) is 0 Å². The summed E-state index contributed by atoms with van der Waals surface area (Å²) in [7, 11) is 0. The molecule has 4 rings (SSSR count). The van der Waals surface area contributed by atoms with Crippen LogP contribution >= 0.6 is 11.3 Å². The summed E-state index contributed by atoms with van der Waals surface area (Å²) in [6, 6.07) is 13.6. The Bertz CT molecular complexity index is 921. The topological polar surface area (TPSA) is 47.3 Å². The van der Waals surface area contributed by atoms with Crippen LogP contribution in [-0.2, 0) is 6.42 Å². The van der Waals surface area contributed by atoms with E-state index in [9.17, 15) is 4.79 Å². The maximum Gasteiger partial charge on any atom is 0.173 e. The summed E-state index contributed by atoms with van der Waals surface area (Å²) in [4.78, 5) is 17.0. The number of hydrogen-bond donors (Lipinski definition) is 0. The van der Waals surface area contributed by atoms with Gasteiger partial charge in [0.25, 0.3) is 0 Å². The maximum absolute atomic E-state index is 12.5. The van der Waals surface area contributed by atoms with E-state index in [1.807, 2.05) is 48.7 Å². The minimum atomic E-state index is 0.0512. The van der Waals surface area contributed by atoms with Crippen molar-refractivity contribution in [2.45, 2.75) is 6.42 Å². The van der Waals surface area contributed by atoms with Crippen LogP contribution in [0.5, 0.6) is 0 Å². The number of pyridine rings is 1. The molecule has 0 amide bonds. The third-order valence-corrected chi connectivity index (χ3v) is 4.41. The SMILES string of the molecule is O=C(Cc1nc2ccccc2s1)c1cnn2ccccc12. The highest BCUT2D eigenvalue weighted by atomic mass is 32.1. The van der Waals surface area contributed by atoms with E-state index < -0.39 is 0 Å². The molecule has 3 aromatic heterocycles. The Kier molecular flexibility index (Phi) is 2.79. The lowest BCUT2D eigenvalue weighted by Gasteiger charge is -1.96. The fraction of sp³-hybridized carbons (Fsp3) is 0.0625. The molecule has 0 radical (unpaired) electrons. The molecule has 102 valence electrons. The number of nitrogens with zero attached hydrogens (tertiary/aromatic N) is 3. The Hall–Kier alpha value is -2.53. The van der Waals surface area contributed by atoms with Gasteiger partial charge in [-0.25, -0.2) is 9.50 Å². The predicted molar refractivity (Wildman–Crippen MR) is 82.8 cm³/mol. The molecule has 0 aliphatic rings. The van der Waals surface area contributed by atoms with Gasteiger partial charge in [0.2, 0.25) is 0 Å². The molecule has 0 fully saturated rings. The zero-order chi connectivity index (χ0) is 14.2. The van der Waals surface area contributed by atoms with E-state index in [-0.39, 0.29) is 5.78 Å². The van der Waals surface area contributed by atoms with Gasteiger partial charge in [-0.05, 0) is 24.3 Å². The summed E-state index contributed by atoms with van der Waals surface area (Å²) in [5.41, 5.74) is 2.43. The van der Waals surface area contributed by atoms with Crippen molar-refractivity contribution in [3.8, 4) is 0 Å². The third kappa shape index (κ3) is 2.11. The number of hydrogen-bond acceptors (Lipinski definition) is 4. The summed E-state index contributed by atoms with van der Waals surface area (Å²) in [6.45, 7) is 0. The molecule has 21 heavy (non-hydrogen) atoms. The van der Waals surface area contributed by atoms with E-state index >= 15 is 0 Å². The Balaban J connectivity index is 1.69. The molecule has 0 aliphatic carbocycles. The monoisotopic (exact) mass is 293 g/mol. The molecule has 0 atom stereocenters. The van der Waals surface area contributed by atoms with E-state index in [4.69, 9.17) is 0 Å². The highest BCUT2D eigenvalue weighted by Gasteiger charge is 2.15. The van der Waals surface area contributed by atoms with Gasteiger partial charge in [-0.2, -0.15) is 5.10 Å². The smallest absolute Gasteiger partial charge is 0.173 e. The van der Waals surface area contributed by atoms with Gasteiger partial charge in [0.15, 0.2) is 5.78 Å². The van der Waals surface area contributed by atoms with Gasteiger partial charge in [-0.3, -0.25) is 4.79 Å². The fourth-order valence-corrected chi connectivity index (χ4v) is 3.34. The quantitative estimate of drug-likeness (QED) is 0.544. The zero-order valence-electron chi connectivity index (χ0n) is 11.1. The van der Waals surface area contributed by atoms with Gasteiger partial charge < -0.3 is 0 Å². The van der Waals surface area contributed by atoms with E-state index in [0.29, 0.717) is 12.0 Å². The molecule has 4 nitrogen and oxygen atoms in total. The van der Waals surface area contributed by atoms with Crippen LogP contribution in [0.4, 0.5) is 0 Å². The normalized spacial score (nSPS) is 11.2. The number of rotatable bonds is 3. The number of Topliss-reactive ketones (excluding diaryl/α,β-unsaturated/α-hetero) is 1. The minimum absolute atomic E-state index is 0.0512. The van der Waals surface area contributed by atoms with Crippen molar-refractivity contribution >= 4 is 32.9 Å². The average Bonchev–Trinajstić information content (AvgIpc) is 3.10. The van der Waals surface area contributed by atoms with Crippen molar-refractivity contribution in [1.82, 2.24) is 14.6 Å². The number of carbonyl (C=O) groups is 1. The van der Waals surface area contributed by atoms with Crippen LogP contribution < -0.4 is 0 Å². The molecule has 5 heteroatoms. The second kappa shape index (κ2) is 4.79. The molecule has 0 spiro atoms. The van der Waals surface area contributed by atoms with Crippen molar-refractivity contribution in [2.75, 3.05) is 0 Å². The number of benzene rings is 1. The first-order valence-electron chi connectivity index (χ1n) is 6.61. The van der Waals surface area contributed by atoms with Crippen LogP contribution in [0.3, 0.4) is 0 Å². The second-order valence-corrected chi connectivity index (χ2v) is 5.88. The van der Waals surface area contributed by atoms with Crippen LogP contribution in [0, 0.1) is 0 Å². The summed E-state index contributed by atoms with van der Waals surface area (Å²) in [6.07, 6.45) is 3.78. The van der Waals surface area contributed by atoms with Gasteiger partial charge in [0.1, 0.15) is 5.01 Å². The molecular weight excluding hydrogens is 282 g/mol. The van der Waals surface area contributed by atoms with E-state index in [1.165, 1.54) is 0 Å². The van der Waals surface area contributed by atoms with E-state index in [2.05, 4.69) is 10.1 Å². The largest absolute Gasteiger partial charge is 0.294 e. The maximum atomic E-state index is 12.5. The lowest BCUT2D eigenvalue weighted by molar-refractivity contribution is 0.0994. The lowest BCUT2D eigenvalue weighted by atomic mass is 10.1. The first-order valence-corrected chi connectivity index (χ1v) is 7.43. The zero-order valence-corrected chi connectivity index (χ0v) is 11.9. The van der Waals surface area contributed by atoms with Crippen molar-refractivity contribution in [2.24, 2.45) is 0 Å². The molecule has 0 saturated heterocycles. The van der Waals surface area contributed by atoms with Gasteiger partial charge in [0, 0.05) is 6.20 Å². The summed E-state index contributed by atoms with van der Waals surface area (Å²) >= 11 is 1.57. The third-order valence-electron chi connectivity index (χ3n) is 3.38. The van der Waals surface area contributed by atoms with Crippen LogP contribution in [0.1, 0.15) is 15.4 Å². The summed E-state index contributed by atoms with van der Waals surface area (Å²) in [5.74, 6) is 0.0512.